The fourth-order valence-corrected chi connectivity index (χ4v) is 18.5. The maximum Gasteiger partial charge on any atom is 0.235 e. The third-order valence-electron chi connectivity index (χ3n) is 24.6. The van der Waals surface area contributed by atoms with Crippen LogP contribution in [0.2, 0.25) is 0 Å². The van der Waals surface area contributed by atoms with Crippen LogP contribution in [0.25, 0.3) is 228 Å². The summed E-state index contributed by atoms with van der Waals surface area (Å²) < 4.78 is 6.80. The third-order valence-corrected chi connectivity index (χ3v) is 24.6. The molecule has 0 aliphatic rings. The predicted molar refractivity (Wildman–Crippen MR) is 536 cm³/mol. The van der Waals surface area contributed by atoms with Crippen molar-refractivity contribution in [2.24, 2.45) is 0 Å². The van der Waals surface area contributed by atoms with Gasteiger partial charge in [-0.2, -0.15) is 0 Å². The largest absolute Gasteiger partial charge is 0.294 e. The maximum absolute atomic E-state index is 5.19. The molecule has 25 rings (SSSR count). The molecule has 0 radical (unpaired) electrons. The van der Waals surface area contributed by atoms with Crippen LogP contribution >= 0.6 is 0 Å². The Morgan fingerprint density at radius 1 is 0.140 bits per heavy atom. The fourth-order valence-electron chi connectivity index (χ4n) is 18.5. The van der Waals surface area contributed by atoms with E-state index in [0.717, 1.165) is 101 Å². The molecule has 9 heteroatoms. The van der Waals surface area contributed by atoms with Crippen molar-refractivity contribution in [1.82, 2.24) is 43.6 Å². The van der Waals surface area contributed by atoms with E-state index in [2.05, 4.69) is 432 Å². The molecule has 129 heavy (non-hydrogen) atoms. The van der Waals surface area contributed by atoms with Crippen molar-refractivity contribution in [2.45, 2.75) is 0 Å². The Kier molecular flexibility index (Phi) is 19.8. The van der Waals surface area contributed by atoms with E-state index in [9.17, 15) is 0 Å². The standard InChI is InChI=1S/C44H29N3.2C38H25N3/c1-4-12-30(13-5-1)31-20-22-32(23-21-31)35-24-26-37-36(28-35)25-27-42-43(37)38-18-10-11-19-41(38)47(42)44-45-39(33-14-6-2-7-15-33)29-40(46-44)34-16-8-3-9-17-34;1-4-12-26(13-5-1)29-20-22-31-30(24-29)21-23-35-37(31)32-18-10-11-19-34(32)41(35)36-25-33(27-14-6-2-7-15-27)39-38(40-36)28-16-8-3-9-17-28;1-4-12-26(13-5-1)30-21-20-27-22-23-35-37(32(27)24-30)31-18-10-11-19-34(31)41(35)36-25-33(28-14-6-2-7-15-28)39-38(40-36)29-16-8-3-9-17-29/h1-29H;2*1-25H. The van der Waals surface area contributed by atoms with Gasteiger partial charge in [-0.25, -0.2) is 29.9 Å². The smallest absolute Gasteiger partial charge is 0.235 e. The lowest BCUT2D eigenvalue weighted by molar-refractivity contribution is 0.996. The van der Waals surface area contributed by atoms with E-state index in [0.29, 0.717) is 17.6 Å². The molecule has 0 amide bonds. The highest BCUT2D eigenvalue weighted by molar-refractivity contribution is 6.24. The van der Waals surface area contributed by atoms with Crippen molar-refractivity contribution in [2.75, 3.05) is 0 Å². The molecule has 6 heterocycles. The summed E-state index contributed by atoms with van der Waals surface area (Å²) in [4.78, 5) is 30.7. The first-order valence-corrected chi connectivity index (χ1v) is 43.6. The van der Waals surface area contributed by atoms with Gasteiger partial charge >= 0.3 is 0 Å². The third kappa shape index (κ3) is 14.5. The molecule has 9 nitrogen and oxygen atoms in total. The summed E-state index contributed by atoms with van der Waals surface area (Å²) in [6, 6.07) is 168. The van der Waals surface area contributed by atoms with Crippen LogP contribution in [0.3, 0.4) is 0 Å². The van der Waals surface area contributed by atoms with Crippen molar-refractivity contribution in [3.8, 4) is 130 Å². The lowest BCUT2D eigenvalue weighted by Crippen LogP contribution is -2.03. The number of rotatable bonds is 13. The quantitative estimate of drug-likeness (QED) is 0.114. The van der Waals surface area contributed by atoms with Gasteiger partial charge in [0.25, 0.3) is 0 Å². The van der Waals surface area contributed by atoms with Crippen LogP contribution in [0.1, 0.15) is 0 Å². The molecule has 0 bridgehead atoms. The van der Waals surface area contributed by atoms with Crippen LogP contribution in [0.15, 0.2) is 479 Å². The summed E-state index contributed by atoms with van der Waals surface area (Å²) in [5, 5.41) is 14.6. The van der Waals surface area contributed by atoms with E-state index in [1.807, 2.05) is 60.7 Å². The molecule has 0 aliphatic heterocycles. The number of aromatic nitrogens is 9. The minimum absolute atomic E-state index is 0.658. The number of benzene rings is 19. The van der Waals surface area contributed by atoms with Gasteiger partial charge in [0.1, 0.15) is 11.6 Å². The summed E-state index contributed by atoms with van der Waals surface area (Å²) in [7, 11) is 0. The summed E-state index contributed by atoms with van der Waals surface area (Å²) in [5.41, 5.74) is 26.2. The Bertz CT molecular complexity index is 8310. The van der Waals surface area contributed by atoms with Crippen molar-refractivity contribution < 1.29 is 0 Å². The van der Waals surface area contributed by atoms with Crippen LogP contribution in [-0.2, 0) is 0 Å². The molecule has 25 aromatic rings. The molecule has 0 spiro atoms. The molecular formula is C120H79N9. The molecule has 0 N–H and O–H groups in total. The zero-order chi connectivity index (χ0) is 85.5. The number of hydrogen-bond acceptors (Lipinski definition) is 6. The van der Waals surface area contributed by atoms with E-state index < -0.39 is 0 Å². The second kappa shape index (κ2) is 33.3. The lowest BCUT2D eigenvalue weighted by atomic mass is 9.97. The zero-order valence-corrected chi connectivity index (χ0v) is 70.1. The van der Waals surface area contributed by atoms with E-state index in [1.165, 1.54) is 109 Å². The summed E-state index contributed by atoms with van der Waals surface area (Å²) in [6.45, 7) is 0. The second-order valence-electron chi connectivity index (χ2n) is 32.4. The number of hydrogen-bond donors (Lipinski definition) is 0. The number of para-hydroxylation sites is 3. The van der Waals surface area contributed by atoms with Gasteiger partial charge in [0.2, 0.25) is 5.95 Å². The molecule has 604 valence electrons. The summed E-state index contributed by atoms with van der Waals surface area (Å²) in [6.07, 6.45) is 0. The molecule has 0 atom stereocenters. The minimum Gasteiger partial charge on any atom is -0.294 e. The zero-order valence-electron chi connectivity index (χ0n) is 70.1. The van der Waals surface area contributed by atoms with Gasteiger partial charge in [0.15, 0.2) is 11.6 Å². The molecule has 0 aliphatic carbocycles. The van der Waals surface area contributed by atoms with Gasteiger partial charge in [-0.1, -0.05) is 406 Å². The fraction of sp³-hybridized carbons (Fsp3) is 0. The molecule has 0 saturated carbocycles. The average molecular weight is 1650 g/mol. The molecule has 0 fully saturated rings. The maximum atomic E-state index is 5.19. The first kappa shape index (κ1) is 76.5. The van der Waals surface area contributed by atoms with Gasteiger partial charge < -0.3 is 0 Å². The van der Waals surface area contributed by atoms with Crippen molar-refractivity contribution in [3.63, 3.8) is 0 Å². The van der Waals surface area contributed by atoms with E-state index >= 15 is 0 Å². The van der Waals surface area contributed by atoms with Crippen LogP contribution in [0.4, 0.5) is 0 Å². The number of fused-ring (bicyclic) bond motifs is 15. The Morgan fingerprint density at radius 2 is 0.403 bits per heavy atom. The van der Waals surface area contributed by atoms with Crippen molar-refractivity contribution in [1.29, 1.82) is 0 Å². The molecule has 0 saturated heterocycles. The van der Waals surface area contributed by atoms with Gasteiger partial charge in [0.05, 0.1) is 55.9 Å². The van der Waals surface area contributed by atoms with Crippen LogP contribution in [0, 0.1) is 0 Å². The first-order valence-electron chi connectivity index (χ1n) is 43.6. The van der Waals surface area contributed by atoms with E-state index in [-0.39, 0.29) is 0 Å². The van der Waals surface area contributed by atoms with Gasteiger partial charge in [-0.3, -0.25) is 13.7 Å². The van der Waals surface area contributed by atoms with E-state index in [4.69, 9.17) is 29.9 Å². The summed E-state index contributed by atoms with van der Waals surface area (Å²) >= 11 is 0. The minimum atomic E-state index is 0.658. The van der Waals surface area contributed by atoms with Crippen LogP contribution in [0.5, 0.6) is 0 Å². The predicted octanol–water partition coefficient (Wildman–Crippen LogP) is 30.9. The SMILES string of the molecule is c1ccc(-c2ccc(-c3ccc4c(ccc5c4c4ccccc4n5-c4nc(-c5ccccc5)cc(-c5ccccc5)n4)c3)cc2)cc1.c1ccc(-c2ccc3c(ccc4c3c3ccccc3n4-c3cc(-c4ccccc4)nc(-c4ccccc4)n3)c2)cc1.c1ccc(-c2ccc3ccc4c(c3c2)c2ccccc2n4-c2cc(-c3ccccc3)nc(-c3ccccc3)n2)cc1. The highest BCUT2D eigenvalue weighted by Crippen LogP contribution is 2.44. The molecular weight excluding hydrogens is 1570 g/mol. The number of nitrogens with zero attached hydrogens (tertiary/aromatic N) is 9. The second-order valence-corrected chi connectivity index (χ2v) is 32.4. The van der Waals surface area contributed by atoms with Crippen LogP contribution in [-0.4, -0.2) is 43.6 Å². The van der Waals surface area contributed by atoms with Gasteiger partial charge in [-0.05, 0) is 137 Å². The first-order chi connectivity index (χ1) is 64.0. The van der Waals surface area contributed by atoms with Crippen molar-refractivity contribution >= 4 is 97.7 Å². The Hall–Kier alpha value is -17.4. The average Bonchev–Trinajstić information content (AvgIpc) is 1.59. The monoisotopic (exact) mass is 1650 g/mol. The van der Waals surface area contributed by atoms with Crippen LogP contribution < -0.4 is 0 Å². The molecule has 19 aromatic carbocycles. The Labute approximate surface area is 745 Å². The van der Waals surface area contributed by atoms with Gasteiger partial charge in [-0.15, -0.1) is 0 Å². The summed E-state index contributed by atoms with van der Waals surface area (Å²) in [5.74, 6) is 3.78. The molecule has 0 unspecified atom stereocenters. The molecule has 6 aromatic heterocycles. The highest BCUT2D eigenvalue weighted by Gasteiger charge is 2.24. The topological polar surface area (TPSA) is 92.1 Å². The lowest BCUT2D eigenvalue weighted by Gasteiger charge is -2.12. The Morgan fingerprint density at radius 3 is 0.791 bits per heavy atom. The highest BCUT2D eigenvalue weighted by atomic mass is 15.2. The van der Waals surface area contributed by atoms with Crippen molar-refractivity contribution in [3.05, 3.63) is 479 Å². The normalized spacial score (nSPS) is 11.4. The Balaban J connectivity index is 0.000000111. The van der Waals surface area contributed by atoms with Gasteiger partial charge in [0, 0.05) is 77.8 Å². The van der Waals surface area contributed by atoms with E-state index in [1.54, 1.807) is 0 Å².